The van der Waals surface area contributed by atoms with Gasteiger partial charge in [0.25, 0.3) is 0 Å². The molecule has 1 fully saturated rings. The Kier molecular flexibility index (Phi) is 4.26. The number of allylic oxidation sites excluding steroid dienone is 1. The lowest BCUT2D eigenvalue weighted by atomic mass is 10.1. The van der Waals surface area contributed by atoms with Crippen LogP contribution >= 0.6 is 0 Å². The standard InChI is InChI=1S/C21H20FN5O4/c1-11-6-13(7-15(18(11)22)20(28)29-3)25-21-24-9-12(2)19(26-31-21)27(21)14-4-5-17-16(8-14)23-10-30-17/h4-9,23,25-26H,10H2,1-3H3. The molecule has 9 nitrogen and oxygen atoms in total. The molecular formula is C21H20FN5O4. The average Bonchev–Trinajstić information content (AvgIpc) is 3.34. The van der Waals surface area contributed by atoms with E-state index in [0.29, 0.717) is 18.2 Å². The number of benzene rings is 2. The summed E-state index contributed by atoms with van der Waals surface area (Å²) in [6.45, 7) is 3.88. The van der Waals surface area contributed by atoms with Gasteiger partial charge >= 0.3 is 11.9 Å². The van der Waals surface area contributed by atoms with Crippen molar-refractivity contribution in [1.82, 2.24) is 5.48 Å². The molecule has 31 heavy (non-hydrogen) atoms. The number of carbonyl (C=O) groups is 1. The average molecular weight is 425 g/mol. The van der Waals surface area contributed by atoms with E-state index < -0.39 is 17.8 Å². The number of anilines is 3. The lowest BCUT2D eigenvalue weighted by Crippen LogP contribution is -2.51. The van der Waals surface area contributed by atoms with Crippen molar-refractivity contribution in [3.8, 4) is 5.75 Å². The van der Waals surface area contributed by atoms with E-state index in [1.165, 1.54) is 13.2 Å². The van der Waals surface area contributed by atoms with Crippen LogP contribution in [0.5, 0.6) is 5.75 Å². The Hall–Kier alpha value is -3.79. The minimum atomic E-state index is -1.39. The van der Waals surface area contributed by atoms with Gasteiger partial charge in [-0.25, -0.2) is 24.5 Å². The summed E-state index contributed by atoms with van der Waals surface area (Å²) in [6, 6.07) is 8.64. The van der Waals surface area contributed by atoms with Gasteiger partial charge in [-0.05, 0) is 49.7 Å². The van der Waals surface area contributed by atoms with Crippen LogP contribution in [-0.4, -0.2) is 32.0 Å². The van der Waals surface area contributed by atoms with Crippen molar-refractivity contribution in [2.24, 2.45) is 4.99 Å². The second kappa shape index (κ2) is 6.88. The van der Waals surface area contributed by atoms with Crippen LogP contribution in [0, 0.1) is 12.7 Å². The minimum Gasteiger partial charge on any atom is -0.471 e. The third-order valence-corrected chi connectivity index (χ3v) is 5.30. The fourth-order valence-electron chi connectivity index (χ4n) is 3.77. The minimum absolute atomic E-state index is 0.176. The number of carbonyl (C=O) groups excluding carboxylic acids is 1. The van der Waals surface area contributed by atoms with Crippen molar-refractivity contribution in [2.45, 2.75) is 19.8 Å². The molecule has 2 bridgehead atoms. The number of nitrogens with one attached hydrogen (secondary N) is 3. The van der Waals surface area contributed by atoms with Gasteiger partial charge in [0, 0.05) is 17.5 Å². The second-order valence-electron chi connectivity index (χ2n) is 7.35. The molecule has 1 atom stereocenters. The summed E-state index contributed by atoms with van der Waals surface area (Å²) < 4.78 is 24.7. The fraction of sp³-hybridized carbons (Fsp3) is 0.238. The molecule has 0 aromatic heterocycles. The number of aryl methyl sites for hydroxylation is 1. The maximum Gasteiger partial charge on any atom is 0.351 e. The molecule has 0 aliphatic carbocycles. The van der Waals surface area contributed by atoms with Crippen molar-refractivity contribution < 1.29 is 23.5 Å². The monoisotopic (exact) mass is 425 g/mol. The zero-order valence-corrected chi connectivity index (χ0v) is 17.1. The third-order valence-electron chi connectivity index (χ3n) is 5.30. The highest BCUT2D eigenvalue weighted by atomic mass is 19.1. The first-order valence-electron chi connectivity index (χ1n) is 9.59. The van der Waals surface area contributed by atoms with E-state index in [-0.39, 0.29) is 11.1 Å². The van der Waals surface area contributed by atoms with Gasteiger partial charge in [-0.15, -0.1) is 0 Å². The molecule has 1 saturated heterocycles. The highest BCUT2D eigenvalue weighted by Crippen LogP contribution is 2.42. The predicted molar refractivity (Wildman–Crippen MR) is 112 cm³/mol. The summed E-state index contributed by atoms with van der Waals surface area (Å²) >= 11 is 0. The van der Waals surface area contributed by atoms with Crippen molar-refractivity contribution in [3.05, 3.63) is 58.7 Å². The molecule has 2 aromatic rings. The Balaban J connectivity index is 1.57. The quantitative estimate of drug-likeness (QED) is 0.644. The summed E-state index contributed by atoms with van der Waals surface area (Å²) in [6.07, 6.45) is 1.69. The fourth-order valence-corrected chi connectivity index (χ4v) is 3.77. The molecule has 3 heterocycles. The summed E-state index contributed by atoms with van der Waals surface area (Å²) in [7, 11) is 1.21. The Morgan fingerprint density at radius 3 is 2.97 bits per heavy atom. The number of hydrogen-bond donors (Lipinski definition) is 3. The van der Waals surface area contributed by atoms with E-state index in [4.69, 9.17) is 14.3 Å². The number of nitrogens with zero attached hydrogens (tertiary/aromatic N) is 2. The van der Waals surface area contributed by atoms with E-state index in [0.717, 1.165) is 22.7 Å². The zero-order chi connectivity index (χ0) is 21.8. The van der Waals surface area contributed by atoms with Gasteiger partial charge in [-0.1, -0.05) is 0 Å². The molecule has 3 N–H and O–H groups in total. The molecule has 5 rings (SSSR count). The first-order chi connectivity index (χ1) is 14.9. The predicted octanol–water partition coefficient (Wildman–Crippen LogP) is 3.06. The van der Waals surface area contributed by atoms with E-state index in [1.54, 1.807) is 19.2 Å². The molecule has 0 radical (unpaired) electrons. The van der Waals surface area contributed by atoms with Gasteiger partial charge in [0.1, 0.15) is 17.4 Å². The van der Waals surface area contributed by atoms with Crippen molar-refractivity contribution in [1.29, 1.82) is 0 Å². The van der Waals surface area contributed by atoms with Gasteiger partial charge in [-0.2, -0.15) is 0 Å². The van der Waals surface area contributed by atoms with Gasteiger partial charge in [-0.3, -0.25) is 4.90 Å². The molecule has 160 valence electrons. The highest BCUT2D eigenvalue weighted by Gasteiger charge is 2.49. The molecular weight excluding hydrogens is 405 g/mol. The van der Waals surface area contributed by atoms with Gasteiger partial charge in [0.05, 0.1) is 24.0 Å². The van der Waals surface area contributed by atoms with Crippen LogP contribution in [0.2, 0.25) is 0 Å². The first kappa shape index (κ1) is 19.2. The van der Waals surface area contributed by atoms with Crippen molar-refractivity contribution in [2.75, 3.05) is 29.4 Å². The molecule has 0 spiro atoms. The van der Waals surface area contributed by atoms with Crippen LogP contribution in [0.3, 0.4) is 0 Å². The van der Waals surface area contributed by atoms with Crippen LogP contribution in [0.1, 0.15) is 22.8 Å². The van der Waals surface area contributed by atoms with E-state index in [2.05, 4.69) is 21.1 Å². The van der Waals surface area contributed by atoms with E-state index in [1.807, 2.05) is 30.0 Å². The number of hydroxylamine groups is 1. The number of hydrogen-bond acceptors (Lipinski definition) is 9. The number of aliphatic imine (C=N–C) groups is 1. The number of ether oxygens (including phenoxy) is 2. The first-order valence-corrected chi connectivity index (χ1v) is 9.59. The maximum absolute atomic E-state index is 14.5. The van der Waals surface area contributed by atoms with E-state index in [9.17, 15) is 9.18 Å². The molecule has 10 heteroatoms. The van der Waals surface area contributed by atoms with Crippen LogP contribution in [0.4, 0.5) is 21.5 Å². The zero-order valence-electron chi connectivity index (χ0n) is 17.1. The van der Waals surface area contributed by atoms with Crippen LogP contribution in [0.25, 0.3) is 0 Å². The Morgan fingerprint density at radius 1 is 1.32 bits per heavy atom. The second-order valence-corrected chi connectivity index (χ2v) is 7.35. The van der Waals surface area contributed by atoms with Crippen molar-refractivity contribution in [3.63, 3.8) is 0 Å². The summed E-state index contributed by atoms with van der Waals surface area (Å²) in [5.41, 5.74) is 5.97. The Morgan fingerprint density at radius 2 is 2.16 bits per heavy atom. The topological polar surface area (TPSA) is 96.5 Å². The van der Waals surface area contributed by atoms with Gasteiger partial charge in [0.15, 0.2) is 6.73 Å². The lowest BCUT2D eigenvalue weighted by molar-refractivity contribution is -0.0214. The Labute approximate surface area is 177 Å². The third kappa shape index (κ3) is 2.95. The smallest absolute Gasteiger partial charge is 0.351 e. The van der Waals surface area contributed by atoms with Crippen LogP contribution in [-0.2, 0) is 9.57 Å². The van der Waals surface area contributed by atoms with Crippen LogP contribution in [0.15, 0.2) is 46.7 Å². The molecule has 3 aliphatic rings. The maximum atomic E-state index is 14.5. The highest BCUT2D eigenvalue weighted by molar-refractivity contribution is 5.91. The summed E-state index contributed by atoms with van der Waals surface area (Å²) in [5.74, 6) is -1.33. The van der Waals surface area contributed by atoms with Gasteiger partial charge < -0.3 is 20.1 Å². The number of fused-ring (bicyclic) bond motifs is 3. The normalized spacial score (nSPS) is 20.7. The molecule has 1 unspecified atom stereocenters. The van der Waals surface area contributed by atoms with Crippen molar-refractivity contribution >= 4 is 29.2 Å². The molecule has 0 amide bonds. The molecule has 3 aliphatic heterocycles. The largest absolute Gasteiger partial charge is 0.471 e. The summed E-state index contributed by atoms with van der Waals surface area (Å²) in [4.78, 5) is 24.3. The number of methoxy groups -OCH3 is 1. The molecule has 0 saturated carbocycles. The Bertz CT molecular complexity index is 1160. The van der Waals surface area contributed by atoms with Gasteiger partial charge in [0.2, 0.25) is 0 Å². The number of esters is 1. The number of rotatable bonds is 4. The summed E-state index contributed by atoms with van der Waals surface area (Å²) in [5, 5.41) is 6.36. The SMILES string of the molecule is COC(=O)c1cc(NC23N=CC(C)=C(NO2)N3c2ccc3c(c2)NCO3)cc(C)c1F. The van der Waals surface area contributed by atoms with E-state index >= 15 is 0 Å². The van der Waals surface area contributed by atoms with Crippen LogP contribution < -0.4 is 25.8 Å². The molecule has 2 aromatic carbocycles. The lowest BCUT2D eigenvalue weighted by Gasteiger charge is -2.36. The number of halogens is 1.